The largest absolute Gasteiger partial charge is 0.355 e. The van der Waals surface area contributed by atoms with Crippen LogP contribution in [0.15, 0.2) is 60.8 Å². The normalized spacial score (nSPS) is 11.8. The first-order valence-electron chi connectivity index (χ1n) is 8.43. The minimum atomic E-state index is -0.679. The number of nitrogens with one attached hydrogen (secondary N) is 1. The van der Waals surface area contributed by atoms with E-state index in [0.717, 1.165) is 22.9 Å². The number of nitriles is 1. The number of rotatable bonds is 6. The van der Waals surface area contributed by atoms with E-state index >= 15 is 0 Å². The summed E-state index contributed by atoms with van der Waals surface area (Å²) in [7, 11) is 1.98. The van der Waals surface area contributed by atoms with Gasteiger partial charge in [-0.25, -0.2) is 0 Å². The van der Waals surface area contributed by atoms with Crippen molar-refractivity contribution in [2.24, 2.45) is 13.0 Å². The van der Waals surface area contributed by atoms with Crippen LogP contribution in [0.25, 0.3) is 10.9 Å². The summed E-state index contributed by atoms with van der Waals surface area (Å²) < 4.78 is 2.03. The van der Waals surface area contributed by atoms with Crippen LogP contribution in [-0.2, 0) is 24.7 Å². The summed E-state index contributed by atoms with van der Waals surface area (Å²) in [5, 5.41) is 13.4. The molecule has 0 fully saturated rings. The number of benzene rings is 2. The minimum absolute atomic E-state index is 0.202. The highest BCUT2D eigenvalue weighted by molar-refractivity contribution is 5.86. The molecule has 25 heavy (non-hydrogen) atoms. The molecule has 0 aliphatic carbocycles. The number of hydrogen-bond acceptors (Lipinski definition) is 2. The summed E-state index contributed by atoms with van der Waals surface area (Å²) in [5.74, 6) is -0.882. The Morgan fingerprint density at radius 2 is 1.88 bits per heavy atom. The van der Waals surface area contributed by atoms with Crippen molar-refractivity contribution in [1.29, 1.82) is 5.26 Å². The standard InChI is InChI=1S/C21H21N3O/c1-24-15-18(19-9-5-6-10-20(19)24)13-17(14-22)21(25)23-12-11-16-7-3-2-4-8-16/h2-10,15,17H,11-13H2,1H3,(H,23,25)/t17-/m0/s1. The molecule has 4 nitrogen and oxygen atoms in total. The van der Waals surface area contributed by atoms with Gasteiger partial charge in [-0.3, -0.25) is 4.79 Å². The molecular formula is C21H21N3O. The van der Waals surface area contributed by atoms with Gasteiger partial charge in [0.15, 0.2) is 0 Å². The summed E-state index contributed by atoms with van der Waals surface area (Å²) in [6, 6.07) is 20.2. The molecule has 1 amide bonds. The Morgan fingerprint density at radius 3 is 2.64 bits per heavy atom. The van der Waals surface area contributed by atoms with Gasteiger partial charge in [0.2, 0.25) is 5.91 Å². The van der Waals surface area contributed by atoms with Gasteiger partial charge in [-0.15, -0.1) is 0 Å². The van der Waals surface area contributed by atoms with Crippen molar-refractivity contribution in [2.75, 3.05) is 6.54 Å². The topological polar surface area (TPSA) is 57.8 Å². The lowest BCUT2D eigenvalue weighted by Crippen LogP contribution is -2.32. The van der Waals surface area contributed by atoms with E-state index < -0.39 is 5.92 Å². The number of hydrogen-bond donors (Lipinski definition) is 1. The lowest BCUT2D eigenvalue weighted by molar-refractivity contribution is -0.123. The third kappa shape index (κ3) is 3.89. The van der Waals surface area contributed by atoms with Crippen molar-refractivity contribution in [3.8, 4) is 6.07 Å². The number of aromatic nitrogens is 1. The lowest BCUT2D eigenvalue weighted by Gasteiger charge is -2.10. The first kappa shape index (κ1) is 16.8. The first-order valence-corrected chi connectivity index (χ1v) is 8.43. The smallest absolute Gasteiger partial charge is 0.237 e. The van der Waals surface area contributed by atoms with Crippen molar-refractivity contribution in [2.45, 2.75) is 12.8 Å². The predicted octanol–water partition coefficient (Wildman–Crippen LogP) is 3.22. The molecular weight excluding hydrogens is 310 g/mol. The van der Waals surface area contributed by atoms with Crippen molar-refractivity contribution < 1.29 is 4.79 Å². The molecule has 1 aromatic heterocycles. The summed E-state index contributed by atoms with van der Waals surface area (Å²) in [4.78, 5) is 12.4. The maximum Gasteiger partial charge on any atom is 0.237 e. The molecule has 0 saturated heterocycles. The molecule has 0 aliphatic heterocycles. The predicted molar refractivity (Wildman–Crippen MR) is 98.9 cm³/mol. The number of para-hydroxylation sites is 1. The quantitative estimate of drug-likeness (QED) is 0.754. The average Bonchev–Trinajstić information content (AvgIpc) is 2.96. The minimum Gasteiger partial charge on any atom is -0.355 e. The van der Waals surface area contributed by atoms with E-state index in [2.05, 4.69) is 11.4 Å². The van der Waals surface area contributed by atoms with Crippen LogP contribution in [0.1, 0.15) is 11.1 Å². The van der Waals surface area contributed by atoms with Gasteiger partial charge in [-0.05, 0) is 30.0 Å². The molecule has 1 N–H and O–H groups in total. The van der Waals surface area contributed by atoms with Crippen LogP contribution in [0.2, 0.25) is 0 Å². The average molecular weight is 331 g/mol. The Balaban J connectivity index is 1.63. The number of nitrogens with zero attached hydrogens (tertiary/aromatic N) is 2. The summed E-state index contributed by atoms with van der Waals surface area (Å²) >= 11 is 0. The number of aryl methyl sites for hydroxylation is 1. The van der Waals surface area contributed by atoms with Crippen molar-refractivity contribution >= 4 is 16.8 Å². The van der Waals surface area contributed by atoms with E-state index in [1.165, 1.54) is 5.56 Å². The Hall–Kier alpha value is -3.06. The molecule has 0 bridgehead atoms. The fraction of sp³-hybridized carbons (Fsp3) is 0.238. The van der Waals surface area contributed by atoms with Gasteiger partial charge in [0, 0.05) is 30.7 Å². The zero-order valence-corrected chi connectivity index (χ0v) is 14.3. The number of amides is 1. The molecule has 0 radical (unpaired) electrons. The van der Waals surface area contributed by atoms with Gasteiger partial charge in [-0.2, -0.15) is 5.26 Å². The molecule has 126 valence electrons. The van der Waals surface area contributed by atoms with Crippen LogP contribution in [0, 0.1) is 17.2 Å². The lowest BCUT2D eigenvalue weighted by atomic mass is 9.99. The van der Waals surface area contributed by atoms with Crippen LogP contribution < -0.4 is 5.32 Å². The molecule has 1 atom stereocenters. The number of carbonyl (C=O) groups excluding carboxylic acids is 1. The first-order chi connectivity index (χ1) is 12.2. The third-order valence-corrected chi connectivity index (χ3v) is 4.43. The Morgan fingerprint density at radius 1 is 1.16 bits per heavy atom. The van der Waals surface area contributed by atoms with Gasteiger partial charge in [0.1, 0.15) is 5.92 Å². The van der Waals surface area contributed by atoms with Gasteiger partial charge in [0.05, 0.1) is 6.07 Å². The van der Waals surface area contributed by atoms with Crippen LogP contribution >= 0.6 is 0 Å². The van der Waals surface area contributed by atoms with E-state index in [0.29, 0.717) is 13.0 Å². The molecule has 3 aromatic rings. The summed E-state index contributed by atoms with van der Waals surface area (Å²) in [5.41, 5.74) is 3.31. The maximum atomic E-state index is 12.4. The maximum absolute atomic E-state index is 12.4. The molecule has 0 saturated carbocycles. The van der Waals surface area contributed by atoms with Crippen molar-refractivity contribution in [3.05, 3.63) is 71.9 Å². The highest BCUT2D eigenvalue weighted by Gasteiger charge is 2.20. The second kappa shape index (κ2) is 7.67. The van der Waals surface area contributed by atoms with E-state index in [1.54, 1.807) is 0 Å². The van der Waals surface area contributed by atoms with Gasteiger partial charge in [-0.1, -0.05) is 48.5 Å². The second-order valence-corrected chi connectivity index (χ2v) is 6.19. The Bertz CT molecular complexity index is 906. The zero-order valence-electron chi connectivity index (χ0n) is 14.3. The molecule has 0 aliphatic rings. The molecule has 2 aromatic carbocycles. The monoisotopic (exact) mass is 331 g/mol. The fourth-order valence-electron chi connectivity index (χ4n) is 3.10. The highest BCUT2D eigenvalue weighted by Crippen LogP contribution is 2.22. The van der Waals surface area contributed by atoms with Crippen LogP contribution in [0.3, 0.4) is 0 Å². The summed E-state index contributed by atoms with van der Waals surface area (Å²) in [6.45, 7) is 0.538. The molecule has 1 heterocycles. The van der Waals surface area contributed by atoms with E-state index in [9.17, 15) is 10.1 Å². The van der Waals surface area contributed by atoms with Gasteiger partial charge < -0.3 is 9.88 Å². The Labute approximate surface area is 147 Å². The SMILES string of the molecule is Cn1cc(C[C@@H](C#N)C(=O)NCCc2ccccc2)c2ccccc21. The van der Waals surface area contributed by atoms with Crippen LogP contribution in [0.5, 0.6) is 0 Å². The van der Waals surface area contributed by atoms with Crippen molar-refractivity contribution in [3.63, 3.8) is 0 Å². The third-order valence-electron chi connectivity index (χ3n) is 4.43. The summed E-state index contributed by atoms with van der Waals surface area (Å²) in [6.07, 6.45) is 3.19. The molecule has 0 unspecified atom stereocenters. The number of fused-ring (bicyclic) bond motifs is 1. The highest BCUT2D eigenvalue weighted by atomic mass is 16.1. The second-order valence-electron chi connectivity index (χ2n) is 6.19. The molecule has 3 rings (SSSR count). The molecule has 0 spiro atoms. The Kier molecular flexibility index (Phi) is 5.15. The number of carbonyl (C=O) groups is 1. The van der Waals surface area contributed by atoms with Gasteiger partial charge in [0.25, 0.3) is 0 Å². The molecule has 4 heteroatoms. The van der Waals surface area contributed by atoms with Crippen LogP contribution in [0.4, 0.5) is 0 Å². The fourth-order valence-corrected chi connectivity index (χ4v) is 3.10. The zero-order chi connectivity index (χ0) is 17.6. The van der Waals surface area contributed by atoms with Crippen LogP contribution in [-0.4, -0.2) is 17.0 Å². The van der Waals surface area contributed by atoms with Gasteiger partial charge >= 0.3 is 0 Å². The van der Waals surface area contributed by atoms with Crippen molar-refractivity contribution in [1.82, 2.24) is 9.88 Å². The van der Waals surface area contributed by atoms with E-state index in [1.807, 2.05) is 72.4 Å². The van der Waals surface area contributed by atoms with E-state index in [4.69, 9.17) is 0 Å². The van der Waals surface area contributed by atoms with E-state index in [-0.39, 0.29) is 5.91 Å².